The molecule has 1 aliphatic rings. The fraction of sp³-hybridized carbons (Fsp3) is 0.455. The number of hydrogen-bond donors (Lipinski definition) is 1. The van der Waals surface area contributed by atoms with Gasteiger partial charge in [0.05, 0.1) is 11.6 Å². The van der Waals surface area contributed by atoms with E-state index in [9.17, 15) is 0 Å². The third-order valence-electron chi connectivity index (χ3n) is 2.69. The molecule has 14 heavy (non-hydrogen) atoms. The second kappa shape index (κ2) is 3.55. The van der Waals surface area contributed by atoms with Gasteiger partial charge in [-0.15, -0.1) is 0 Å². The van der Waals surface area contributed by atoms with E-state index in [4.69, 9.17) is 10.5 Å². The highest BCUT2D eigenvalue weighted by Crippen LogP contribution is 2.39. The molecular formula is C11H14BrNO. The van der Waals surface area contributed by atoms with Crippen LogP contribution in [0.15, 0.2) is 22.7 Å². The first-order chi connectivity index (χ1) is 6.64. The smallest absolute Gasteiger partial charge is 0.136 e. The van der Waals surface area contributed by atoms with Crippen LogP contribution in [0.4, 0.5) is 0 Å². The van der Waals surface area contributed by atoms with Gasteiger partial charge in [-0.2, -0.15) is 0 Å². The van der Waals surface area contributed by atoms with Crippen LogP contribution in [0, 0.1) is 0 Å². The van der Waals surface area contributed by atoms with E-state index in [-0.39, 0.29) is 5.54 Å². The van der Waals surface area contributed by atoms with Crippen molar-refractivity contribution in [2.75, 3.05) is 7.11 Å². The van der Waals surface area contributed by atoms with Gasteiger partial charge in [-0.05, 0) is 46.8 Å². The number of nitrogens with two attached hydrogens (primary N) is 1. The molecule has 0 bridgehead atoms. The lowest BCUT2D eigenvalue weighted by atomic mass is 10.0. The van der Waals surface area contributed by atoms with Crippen molar-refractivity contribution in [1.82, 2.24) is 0 Å². The summed E-state index contributed by atoms with van der Waals surface area (Å²) in [5.41, 5.74) is 7.31. The molecule has 1 aromatic carbocycles. The van der Waals surface area contributed by atoms with Gasteiger partial charge in [0.2, 0.25) is 0 Å². The molecular weight excluding hydrogens is 242 g/mol. The maximum absolute atomic E-state index is 6.08. The molecule has 0 atom stereocenters. The second-order valence-electron chi connectivity index (χ2n) is 3.97. The number of methoxy groups -OCH3 is 1. The SMILES string of the molecule is COc1c(Br)cccc1CC1(N)CC1. The van der Waals surface area contributed by atoms with Gasteiger partial charge in [0.15, 0.2) is 0 Å². The van der Waals surface area contributed by atoms with E-state index >= 15 is 0 Å². The Kier molecular flexibility index (Phi) is 2.54. The van der Waals surface area contributed by atoms with Crippen molar-refractivity contribution in [3.05, 3.63) is 28.2 Å². The molecule has 2 N–H and O–H groups in total. The summed E-state index contributed by atoms with van der Waals surface area (Å²) < 4.78 is 6.35. The van der Waals surface area contributed by atoms with Crippen LogP contribution in [0.25, 0.3) is 0 Å². The molecule has 2 rings (SSSR count). The summed E-state index contributed by atoms with van der Waals surface area (Å²) in [5, 5.41) is 0. The van der Waals surface area contributed by atoms with E-state index in [0.29, 0.717) is 0 Å². The van der Waals surface area contributed by atoms with E-state index in [1.54, 1.807) is 7.11 Å². The lowest BCUT2D eigenvalue weighted by Gasteiger charge is -2.13. The zero-order valence-electron chi connectivity index (χ0n) is 8.22. The quantitative estimate of drug-likeness (QED) is 0.901. The fourth-order valence-corrected chi connectivity index (χ4v) is 2.21. The molecule has 1 aromatic rings. The monoisotopic (exact) mass is 255 g/mol. The number of halogens is 1. The lowest BCUT2D eigenvalue weighted by Crippen LogP contribution is -2.24. The van der Waals surface area contributed by atoms with Crippen molar-refractivity contribution in [3.8, 4) is 5.75 Å². The zero-order chi connectivity index (χ0) is 10.2. The third kappa shape index (κ3) is 1.93. The second-order valence-corrected chi connectivity index (χ2v) is 4.83. The summed E-state index contributed by atoms with van der Waals surface area (Å²) in [4.78, 5) is 0. The molecule has 1 fully saturated rings. The Balaban J connectivity index is 2.27. The van der Waals surface area contributed by atoms with Crippen molar-refractivity contribution in [2.24, 2.45) is 5.73 Å². The molecule has 2 nitrogen and oxygen atoms in total. The summed E-state index contributed by atoms with van der Waals surface area (Å²) >= 11 is 3.47. The predicted octanol–water partition coefficient (Wildman–Crippen LogP) is 2.49. The van der Waals surface area contributed by atoms with Crippen LogP contribution >= 0.6 is 15.9 Å². The van der Waals surface area contributed by atoms with Crippen LogP contribution in [0.5, 0.6) is 5.75 Å². The Labute approximate surface area is 92.6 Å². The van der Waals surface area contributed by atoms with Crippen molar-refractivity contribution in [2.45, 2.75) is 24.8 Å². The number of benzene rings is 1. The maximum atomic E-state index is 6.08. The highest BCUT2D eigenvalue weighted by Gasteiger charge is 2.38. The fourth-order valence-electron chi connectivity index (χ4n) is 1.64. The minimum absolute atomic E-state index is 0.0358. The van der Waals surface area contributed by atoms with Crippen molar-refractivity contribution in [1.29, 1.82) is 0 Å². The molecule has 76 valence electrons. The number of hydrogen-bond acceptors (Lipinski definition) is 2. The summed E-state index contributed by atoms with van der Waals surface area (Å²) in [7, 11) is 1.69. The predicted molar refractivity (Wildman–Crippen MR) is 60.6 cm³/mol. The van der Waals surface area contributed by atoms with Crippen LogP contribution in [-0.4, -0.2) is 12.6 Å². The van der Waals surface area contributed by atoms with Crippen LogP contribution < -0.4 is 10.5 Å². The summed E-state index contributed by atoms with van der Waals surface area (Å²) in [5.74, 6) is 0.921. The first-order valence-corrected chi connectivity index (χ1v) is 5.54. The van der Waals surface area contributed by atoms with Crippen LogP contribution in [0.1, 0.15) is 18.4 Å². The van der Waals surface area contributed by atoms with Gasteiger partial charge >= 0.3 is 0 Å². The molecule has 0 unspecified atom stereocenters. The van der Waals surface area contributed by atoms with Gasteiger partial charge in [-0.1, -0.05) is 12.1 Å². The van der Waals surface area contributed by atoms with Gasteiger partial charge in [0, 0.05) is 5.54 Å². The molecule has 0 heterocycles. The zero-order valence-corrected chi connectivity index (χ0v) is 9.80. The van der Waals surface area contributed by atoms with E-state index in [0.717, 1.165) is 29.5 Å². The van der Waals surface area contributed by atoms with Crippen LogP contribution in [-0.2, 0) is 6.42 Å². The number of para-hydroxylation sites is 1. The van der Waals surface area contributed by atoms with Gasteiger partial charge in [0.1, 0.15) is 5.75 Å². The average molecular weight is 256 g/mol. The molecule has 0 radical (unpaired) electrons. The topological polar surface area (TPSA) is 35.2 Å². The first-order valence-electron chi connectivity index (χ1n) is 4.75. The van der Waals surface area contributed by atoms with Crippen LogP contribution in [0.2, 0.25) is 0 Å². The van der Waals surface area contributed by atoms with Crippen molar-refractivity contribution in [3.63, 3.8) is 0 Å². The highest BCUT2D eigenvalue weighted by atomic mass is 79.9. The summed E-state index contributed by atoms with van der Waals surface area (Å²) in [6.07, 6.45) is 3.17. The van der Waals surface area contributed by atoms with Gasteiger partial charge < -0.3 is 10.5 Å². The Morgan fingerprint density at radius 1 is 1.50 bits per heavy atom. The minimum Gasteiger partial charge on any atom is -0.495 e. The minimum atomic E-state index is 0.0358. The summed E-state index contributed by atoms with van der Waals surface area (Å²) in [6.45, 7) is 0. The van der Waals surface area contributed by atoms with E-state index < -0.39 is 0 Å². The van der Waals surface area contributed by atoms with Gasteiger partial charge in [-0.3, -0.25) is 0 Å². The highest BCUT2D eigenvalue weighted by molar-refractivity contribution is 9.10. The Morgan fingerprint density at radius 2 is 2.21 bits per heavy atom. The summed E-state index contributed by atoms with van der Waals surface area (Å²) in [6, 6.07) is 6.09. The molecule has 0 spiro atoms. The normalized spacial score (nSPS) is 17.9. The molecule has 0 aliphatic heterocycles. The Hall–Kier alpha value is -0.540. The average Bonchev–Trinajstić information content (AvgIpc) is 2.84. The van der Waals surface area contributed by atoms with E-state index in [2.05, 4.69) is 22.0 Å². The van der Waals surface area contributed by atoms with E-state index in [1.165, 1.54) is 5.56 Å². The van der Waals surface area contributed by atoms with E-state index in [1.807, 2.05) is 12.1 Å². The first kappa shape index (κ1) is 9.99. The molecule has 3 heteroatoms. The molecule has 0 amide bonds. The number of ether oxygens (including phenoxy) is 1. The Morgan fingerprint density at radius 3 is 2.79 bits per heavy atom. The largest absolute Gasteiger partial charge is 0.495 e. The Bertz CT molecular complexity index is 347. The maximum Gasteiger partial charge on any atom is 0.136 e. The third-order valence-corrected chi connectivity index (χ3v) is 3.31. The molecule has 0 saturated heterocycles. The molecule has 1 aliphatic carbocycles. The van der Waals surface area contributed by atoms with Gasteiger partial charge in [0.25, 0.3) is 0 Å². The lowest BCUT2D eigenvalue weighted by molar-refractivity contribution is 0.404. The van der Waals surface area contributed by atoms with Gasteiger partial charge in [-0.25, -0.2) is 0 Å². The molecule has 0 aromatic heterocycles. The van der Waals surface area contributed by atoms with Crippen LogP contribution in [0.3, 0.4) is 0 Å². The number of rotatable bonds is 3. The standard InChI is InChI=1S/C11H14BrNO/c1-14-10-8(3-2-4-9(10)12)7-11(13)5-6-11/h2-4H,5-7,13H2,1H3. The van der Waals surface area contributed by atoms with Crippen molar-refractivity contribution >= 4 is 15.9 Å². The van der Waals surface area contributed by atoms with Crippen molar-refractivity contribution < 1.29 is 4.74 Å². The molecule has 1 saturated carbocycles.